The number of para-hydroxylation sites is 1. The Morgan fingerprint density at radius 2 is 1.76 bits per heavy atom. The zero-order valence-electron chi connectivity index (χ0n) is 10.6. The molecule has 2 aromatic rings. The molecule has 0 fully saturated rings. The molecule has 5 heteroatoms. The largest absolute Gasteiger partial charge is 0.416 e. The number of aromatic nitrogens is 1. The average Bonchev–Trinajstić information content (AvgIpc) is 2.81. The van der Waals surface area contributed by atoms with Crippen LogP contribution in [0.2, 0.25) is 0 Å². The van der Waals surface area contributed by atoms with Crippen LogP contribution in [0.5, 0.6) is 0 Å². The summed E-state index contributed by atoms with van der Waals surface area (Å²) in [7, 11) is 0. The Bertz CT molecular complexity index is 939. The van der Waals surface area contributed by atoms with Gasteiger partial charge in [0, 0.05) is 15.6 Å². The summed E-state index contributed by atoms with van der Waals surface area (Å²) >= 11 is 1.42. The molecule has 0 radical (unpaired) electrons. The molecule has 0 bridgehead atoms. The normalized spacial score (nSPS) is 12.5. The van der Waals surface area contributed by atoms with E-state index >= 15 is 0 Å². The van der Waals surface area contributed by atoms with Gasteiger partial charge in [-0.15, -0.1) is 11.3 Å². The lowest BCUT2D eigenvalue weighted by atomic mass is 10.1. The van der Waals surface area contributed by atoms with Crippen molar-refractivity contribution in [2.24, 2.45) is 0 Å². The fourth-order valence-corrected chi connectivity index (χ4v) is 3.49. The van der Waals surface area contributed by atoms with Crippen molar-refractivity contribution in [1.29, 1.82) is 0 Å². The molecule has 0 amide bonds. The standard InChI is InChI=1S/C16H8F3NS/c17-16(18,19)10-5-6-14-9(7-10)8-12-11-3-1-2-4-13(11)20-15(12)21-14/h1-8H. The van der Waals surface area contributed by atoms with Crippen LogP contribution in [0.3, 0.4) is 0 Å². The third-order valence-electron chi connectivity index (χ3n) is 3.49. The lowest BCUT2D eigenvalue weighted by molar-refractivity contribution is -0.137. The highest BCUT2D eigenvalue weighted by Gasteiger charge is 2.30. The molecule has 0 aromatic heterocycles. The van der Waals surface area contributed by atoms with Crippen molar-refractivity contribution in [3.63, 3.8) is 0 Å². The number of alkyl halides is 3. The molecule has 0 saturated carbocycles. The van der Waals surface area contributed by atoms with Crippen LogP contribution in [0.1, 0.15) is 5.56 Å². The van der Waals surface area contributed by atoms with Crippen molar-refractivity contribution in [2.45, 2.75) is 6.18 Å². The van der Waals surface area contributed by atoms with Crippen LogP contribution in [-0.2, 0) is 6.18 Å². The second kappa shape index (κ2) is 4.18. The van der Waals surface area contributed by atoms with Gasteiger partial charge in [-0.05, 0) is 35.7 Å². The van der Waals surface area contributed by atoms with E-state index in [-0.39, 0.29) is 0 Å². The van der Waals surface area contributed by atoms with E-state index in [4.69, 9.17) is 0 Å². The van der Waals surface area contributed by atoms with E-state index in [0.29, 0.717) is 5.39 Å². The van der Waals surface area contributed by atoms with Crippen molar-refractivity contribution < 1.29 is 13.2 Å². The Kier molecular flexibility index (Phi) is 2.50. The molecule has 2 aromatic carbocycles. The van der Waals surface area contributed by atoms with Gasteiger partial charge in [0.15, 0.2) is 0 Å². The third-order valence-corrected chi connectivity index (χ3v) is 4.59. The summed E-state index contributed by atoms with van der Waals surface area (Å²) in [4.78, 5) is 4.53. The van der Waals surface area contributed by atoms with E-state index in [1.807, 2.05) is 24.3 Å². The smallest absolute Gasteiger partial charge is 0.237 e. The lowest BCUT2D eigenvalue weighted by Crippen LogP contribution is -2.04. The van der Waals surface area contributed by atoms with Gasteiger partial charge >= 0.3 is 6.18 Å². The molecule has 0 aliphatic carbocycles. The number of rotatable bonds is 0. The van der Waals surface area contributed by atoms with Gasteiger partial charge in [-0.3, -0.25) is 0 Å². The maximum atomic E-state index is 12.8. The zero-order valence-corrected chi connectivity index (χ0v) is 11.4. The lowest BCUT2D eigenvalue weighted by Gasteiger charge is -2.08. The first-order chi connectivity index (χ1) is 10.0. The van der Waals surface area contributed by atoms with E-state index in [1.165, 1.54) is 23.5 Å². The topological polar surface area (TPSA) is 12.9 Å². The maximum absolute atomic E-state index is 12.8. The monoisotopic (exact) mass is 303 g/mol. The highest BCUT2D eigenvalue weighted by atomic mass is 32.1. The van der Waals surface area contributed by atoms with Gasteiger partial charge in [-0.25, -0.2) is 4.98 Å². The number of benzene rings is 2. The zero-order chi connectivity index (χ0) is 14.6. The first-order valence-electron chi connectivity index (χ1n) is 6.32. The minimum atomic E-state index is -4.32. The van der Waals surface area contributed by atoms with Crippen LogP contribution in [-0.4, -0.2) is 4.98 Å². The van der Waals surface area contributed by atoms with Crippen molar-refractivity contribution in [1.82, 2.24) is 4.98 Å². The Balaban J connectivity index is 2.07. The Hall–Kier alpha value is -2.14. The molecule has 0 spiro atoms. The van der Waals surface area contributed by atoms with Crippen LogP contribution in [0.4, 0.5) is 13.2 Å². The molecule has 2 aliphatic heterocycles. The molecule has 0 N–H and O–H groups in total. The third kappa shape index (κ3) is 1.96. The van der Waals surface area contributed by atoms with E-state index in [2.05, 4.69) is 4.98 Å². The summed E-state index contributed by atoms with van der Waals surface area (Å²) in [6, 6.07) is 13.3. The molecular formula is C16H8F3NS. The summed E-state index contributed by atoms with van der Waals surface area (Å²) in [5.74, 6) is 0. The summed E-state index contributed by atoms with van der Waals surface area (Å²) in [6.07, 6.45) is -4.32. The van der Waals surface area contributed by atoms with Gasteiger partial charge < -0.3 is 0 Å². The van der Waals surface area contributed by atoms with E-state index < -0.39 is 11.7 Å². The average molecular weight is 303 g/mol. The van der Waals surface area contributed by atoms with Gasteiger partial charge in [0.1, 0.15) is 5.01 Å². The number of hydrogen-bond acceptors (Lipinski definition) is 2. The Labute approximate surface area is 122 Å². The number of hydrogen-bond donors (Lipinski definition) is 0. The highest BCUT2D eigenvalue weighted by Crippen LogP contribution is 2.40. The van der Waals surface area contributed by atoms with Crippen LogP contribution in [0, 0.1) is 0 Å². The van der Waals surface area contributed by atoms with Crippen LogP contribution in [0.15, 0.2) is 48.5 Å². The van der Waals surface area contributed by atoms with E-state index in [0.717, 1.165) is 32.2 Å². The predicted octanol–water partition coefficient (Wildman–Crippen LogP) is 5.57. The van der Waals surface area contributed by atoms with Gasteiger partial charge in [-0.2, -0.15) is 13.2 Å². The first kappa shape index (κ1) is 12.6. The number of nitrogens with zero attached hydrogens (tertiary/aromatic N) is 1. The van der Waals surface area contributed by atoms with Crippen molar-refractivity contribution in [2.75, 3.05) is 0 Å². The highest BCUT2D eigenvalue weighted by molar-refractivity contribution is 7.21. The van der Waals surface area contributed by atoms with Gasteiger partial charge in [-0.1, -0.05) is 18.2 Å². The van der Waals surface area contributed by atoms with E-state index in [9.17, 15) is 13.2 Å². The van der Waals surface area contributed by atoms with Crippen molar-refractivity contribution in [3.05, 3.63) is 54.1 Å². The second-order valence-electron chi connectivity index (χ2n) is 4.84. The molecule has 104 valence electrons. The molecule has 4 rings (SSSR count). The minimum Gasteiger partial charge on any atom is -0.237 e. The number of fused-ring (bicyclic) bond motifs is 4. The Morgan fingerprint density at radius 3 is 2.57 bits per heavy atom. The summed E-state index contributed by atoms with van der Waals surface area (Å²) in [5.41, 5.74) is 1.16. The fraction of sp³-hybridized carbons (Fsp3) is 0.0625. The summed E-state index contributed by atoms with van der Waals surface area (Å²) in [6.45, 7) is 0. The first-order valence-corrected chi connectivity index (χ1v) is 7.13. The maximum Gasteiger partial charge on any atom is 0.416 e. The van der Waals surface area contributed by atoms with Crippen molar-refractivity contribution >= 4 is 32.3 Å². The minimum absolute atomic E-state index is 0.598. The van der Waals surface area contributed by atoms with Gasteiger partial charge in [0.2, 0.25) is 0 Å². The molecule has 0 unspecified atom stereocenters. The molecule has 0 atom stereocenters. The summed E-state index contributed by atoms with van der Waals surface area (Å²) in [5, 5.41) is 2.42. The molecule has 1 nitrogen and oxygen atoms in total. The van der Waals surface area contributed by atoms with Crippen molar-refractivity contribution in [3.8, 4) is 10.6 Å². The summed E-state index contributed by atoms with van der Waals surface area (Å²) < 4.78 is 39.2. The quantitative estimate of drug-likeness (QED) is 0.413. The Morgan fingerprint density at radius 1 is 0.952 bits per heavy atom. The van der Waals surface area contributed by atoms with Gasteiger partial charge in [0.05, 0.1) is 11.1 Å². The number of halogens is 3. The molecule has 2 heterocycles. The molecule has 2 aliphatic rings. The molecular weight excluding hydrogens is 295 g/mol. The SMILES string of the molecule is FC(F)(F)c1ccc2sc3nc4ccccc4c-3cc2c1. The fourth-order valence-electron chi connectivity index (χ4n) is 2.49. The predicted molar refractivity (Wildman–Crippen MR) is 78.8 cm³/mol. The van der Waals surface area contributed by atoms with Gasteiger partial charge in [0.25, 0.3) is 0 Å². The van der Waals surface area contributed by atoms with Crippen LogP contribution >= 0.6 is 11.3 Å². The van der Waals surface area contributed by atoms with Crippen LogP contribution in [0.25, 0.3) is 31.6 Å². The van der Waals surface area contributed by atoms with E-state index in [1.54, 1.807) is 6.07 Å². The second-order valence-corrected chi connectivity index (χ2v) is 5.88. The molecule has 21 heavy (non-hydrogen) atoms. The molecule has 0 saturated heterocycles. The van der Waals surface area contributed by atoms with Crippen LogP contribution < -0.4 is 0 Å².